The smallest absolute Gasteiger partial charge is 0.243 e. The summed E-state index contributed by atoms with van der Waals surface area (Å²) in [5, 5.41) is 9.59. The van der Waals surface area contributed by atoms with Crippen LogP contribution >= 0.6 is 0 Å². The van der Waals surface area contributed by atoms with Gasteiger partial charge in [-0.05, 0) is 37.5 Å². The van der Waals surface area contributed by atoms with Gasteiger partial charge in [0, 0.05) is 13.1 Å². The fourth-order valence-corrected chi connectivity index (χ4v) is 4.21. The zero-order valence-electron chi connectivity index (χ0n) is 12.1. The van der Waals surface area contributed by atoms with E-state index in [1.807, 2.05) is 0 Å². The molecule has 1 unspecified atom stereocenters. The van der Waals surface area contributed by atoms with Gasteiger partial charge in [-0.15, -0.1) is 0 Å². The van der Waals surface area contributed by atoms with Crippen LogP contribution < -0.4 is 0 Å². The van der Waals surface area contributed by atoms with Crippen LogP contribution in [0.3, 0.4) is 0 Å². The van der Waals surface area contributed by atoms with E-state index < -0.39 is 16.1 Å². The molecule has 0 saturated heterocycles. The molecule has 2 rings (SSSR count). The second-order valence-corrected chi connectivity index (χ2v) is 7.56. The second-order valence-electron chi connectivity index (χ2n) is 5.56. The van der Waals surface area contributed by atoms with Crippen LogP contribution in [0.15, 0.2) is 29.2 Å². The first-order valence-electron chi connectivity index (χ1n) is 7.19. The highest BCUT2D eigenvalue weighted by Gasteiger charge is 2.29. The summed E-state index contributed by atoms with van der Waals surface area (Å²) < 4.78 is 26.8. The highest BCUT2D eigenvalue weighted by atomic mass is 32.2. The SMILES string of the molecule is CC(O)c1cccc(S(=O)(=O)N(C)C2CCCCC2)c1. The Morgan fingerprint density at radius 1 is 1.25 bits per heavy atom. The van der Waals surface area contributed by atoms with Crippen LogP contribution in [-0.4, -0.2) is 30.9 Å². The molecule has 1 aliphatic carbocycles. The minimum Gasteiger partial charge on any atom is -0.389 e. The van der Waals surface area contributed by atoms with Crippen molar-refractivity contribution >= 4 is 10.0 Å². The first kappa shape index (κ1) is 15.5. The number of aliphatic hydroxyl groups is 1. The summed E-state index contributed by atoms with van der Waals surface area (Å²) >= 11 is 0. The third-order valence-electron chi connectivity index (χ3n) is 4.11. The van der Waals surface area contributed by atoms with Crippen LogP contribution in [-0.2, 0) is 10.0 Å². The third-order valence-corrected chi connectivity index (χ3v) is 6.01. The monoisotopic (exact) mass is 297 g/mol. The quantitative estimate of drug-likeness (QED) is 0.929. The summed E-state index contributed by atoms with van der Waals surface area (Å²) in [5.41, 5.74) is 0.628. The molecule has 1 N–H and O–H groups in total. The summed E-state index contributed by atoms with van der Waals surface area (Å²) in [7, 11) is -1.81. The first-order valence-corrected chi connectivity index (χ1v) is 8.63. The van der Waals surface area contributed by atoms with E-state index in [0.717, 1.165) is 25.7 Å². The molecule has 5 heteroatoms. The lowest BCUT2D eigenvalue weighted by atomic mass is 9.96. The topological polar surface area (TPSA) is 57.6 Å². The molecular weight excluding hydrogens is 274 g/mol. The number of benzene rings is 1. The van der Waals surface area contributed by atoms with Gasteiger partial charge >= 0.3 is 0 Å². The van der Waals surface area contributed by atoms with Crippen molar-refractivity contribution in [1.29, 1.82) is 0 Å². The summed E-state index contributed by atoms with van der Waals surface area (Å²) in [4.78, 5) is 0.268. The molecule has 0 heterocycles. The average Bonchev–Trinajstić information content (AvgIpc) is 2.47. The zero-order valence-corrected chi connectivity index (χ0v) is 12.9. The highest BCUT2D eigenvalue weighted by Crippen LogP contribution is 2.27. The standard InChI is InChI=1S/C15H23NO3S/c1-12(17)13-7-6-10-15(11-13)20(18,19)16(2)14-8-4-3-5-9-14/h6-7,10-12,14,17H,3-5,8-9H2,1-2H3. The van der Waals surface area contributed by atoms with Crippen LogP contribution in [0.1, 0.15) is 50.7 Å². The maximum Gasteiger partial charge on any atom is 0.243 e. The van der Waals surface area contributed by atoms with Gasteiger partial charge in [0.15, 0.2) is 0 Å². The molecule has 0 aromatic heterocycles. The Kier molecular flexibility index (Phi) is 4.83. The lowest BCUT2D eigenvalue weighted by molar-refractivity contribution is 0.199. The molecular formula is C15H23NO3S. The lowest BCUT2D eigenvalue weighted by Gasteiger charge is -2.30. The number of rotatable bonds is 4. The molecule has 0 bridgehead atoms. The molecule has 1 fully saturated rings. The van der Waals surface area contributed by atoms with Gasteiger partial charge in [0.05, 0.1) is 11.0 Å². The number of nitrogens with zero attached hydrogens (tertiary/aromatic N) is 1. The van der Waals surface area contributed by atoms with E-state index in [1.165, 1.54) is 10.7 Å². The second kappa shape index (κ2) is 6.24. The molecule has 0 aliphatic heterocycles. The van der Waals surface area contributed by atoms with Crippen LogP contribution in [0.4, 0.5) is 0 Å². The van der Waals surface area contributed by atoms with Gasteiger partial charge in [-0.25, -0.2) is 8.42 Å². The van der Waals surface area contributed by atoms with Gasteiger partial charge in [-0.3, -0.25) is 0 Å². The van der Waals surface area contributed by atoms with Crippen molar-refractivity contribution in [3.8, 4) is 0 Å². The van der Waals surface area contributed by atoms with E-state index in [2.05, 4.69) is 0 Å². The molecule has 0 amide bonds. The van der Waals surface area contributed by atoms with Gasteiger partial charge < -0.3 is 5.11 Å². The van der Waals surface area contributed by atoms with Gasteiger partial charge in [0.25, 0.3) is 0 Å². The van der Waals surface area contributed by atoms with Crippen LogP contribution in [0.5, 0.6) is 0 Å². The van der Waals surface area contributed by atoms with Crippen molar-refractivity contribution in [2.45, 2.75) is 56.1 Å². The van der Waals surface area contributed by atoms with E-state index in [9.17, 15) is 13.5 Å². The van der Waals surface area contributed by atoms with Crippen molar-refractivity contribution in [3.63, 3.8) is 0 Å². The minimum absolute atomic E-state index is 0.101. The predicted molar refractivity (Wildman–Crippen MR) is 78.9 cm³/mol. The highest BCUT2D eigenvalue weighted by molar-refractivity contribution is 7.89. The lowest BCUT2D eigenvalue weighted by Crippen LogP contribution is -2.38. The number of aliphatic hydroxyl groups excluding tert-OH is 1. The van der Waals surface area contributed by atoms with Gasteiger partial charge in [0.1, 0.15) is 0 Å². The molecule has 1 aromatic carbocycles. The van der Waals surface area contributed by atoms with Crippen molar-refractivity contribution in [2.24, 2.45) is 0 Å². The predicted octanol–water partition coefficient (Wildman–Crippen LogP) is 2.69. The van der Waals surface area contributed by atoms with Gasteiger partial charge in [-0.1, -0.05) is 31.4 Å². The first-order chi connectivity index (χ1) is 9.43. The van der Waals surface area contributed by atoms with Crippen LogP contribution in [0.25, 0.3) is 0 Å². The number of sulfonamides is 1. The summed E-state index contributed by atoms with van der Waals surface area (Å²) in [6.45, 7) is 1.64. The fraction of sp³-hybridized carbons (Fsp3) is 0.600. The average molecular weight is 297 g/mol. The Morgan fingerprint density at radius 3 is 2.50 bits per heavy atom. The summed E-state index contributed by atoms with van der Waals surface area (Å²) in [6, 6.07) is 6.69. The number of hydrogen-bond acceptors (Lipinski definition) is 3. The summed E-state index contributed by atoms with van der Waals surface area (Å²) in [5.74, 6) is 0. The Bertz CT molecular complexity index is 548. The molecule has 4 nitrogen and oxygen atoms in total. The fourth-order valence-electron chi connectivity index (χ4n) is 2.74. The minimum atomic E-state index is -3.47. The Balaban J connectivity index is 2.27. The van der Waals surface area contributed by atoms with Crippen molar-refractivity contribution in [1.82, 2.24) is 4.31 Å². The van der Waals surface area contributed by atoms with E-state index in [-0.39, 0.29) is 10.9 Å². The zero-order chi connectivity index (χ0) is 14.8. The molecule has 112 valence electrons. The van der Waals surface area contributed by atoms with Crippen molar-refractivity contribution in [2.75, 3.05) is 7.05 Å². The van der Waals surface area contributed by atoms with Gasteiger partial charge in [-0.2, -0.15) is 4.31 Å². The molecule has 0 radical (unpaired) electrons. The summed E-state index contributed by atoms with van der Waals surface area (Å²) in [6.07, 6.45) is 4.60. The molecule has 1 saturated carbocycles. The van der Waals surface area contributed by atoms with Crippen LogP contribution in [0.2, 0.25) is 0 Å². The molecule has 20 heavy (non-hydrogen) atoms. The number of hydrogen-bond donors (Lipinski definition) is 1. The maximum atomic E-state index is 12.7. The Morgan fingerprint density at radius 2 is 1.90 bits per heavy atom. The van der Waals surface area contributed by atoms with Crippen molar-refractivity contribution < 1.29 is 13.5 Å². The normalized spacial score (nSPS) is 19.2. The maximum absolute atomic E-state index is 12.7. The van der Waals surface area contributed by atoms with Gasteiger partial charge in [0.2, 0.25) is 10.0 Å². The van der Waals surface area contributed by atoms with E-state index in [4.69, 9.17) is 0 Å². The van der Waals surface area contributed by atoms with Crippen LogP contribution in [0, 0.1) is 0 Å². The third kappa shape index (κ3) is 3.22. The van der Waals surface area contributed by atoms with E-state index >= 15 is 0 Å². The molecule has 1 aliphatic rings. The van der Waals surface area contributed by atoms with Crippen molar-refractivity contribution in [3.05, 3.63) is 29.8 Å². The Hall–Kier alpha value is -0.910. The molecule has 1 atom stereocenters. The van der Waals surface area contributed by atoms with E-state index in [1.54, 1.807) is 38.2 Å². The van der Waals surface area contributed by atoms with E-state index in [0.29, 0.717) is 5.56 Å². The Labute approximate surface area is 121 Å². The molecule has 0 spiro atoms. The molecule has 1 aromatic rings. The largest absolute Gasteiger partial charge is 0.389 e.